The first-order chi connectivity index (χ1) is 9.24. The van der Waals surface area contributed by atoms with Crippen LogP contribution in [0.15, 0.2) is 29.0 Å². The number of carboxylic acids is 1. The summed E-state index contributed by atoms with van der Waals surface area (Å²) in [5.74, 6) is -0.161. The molecule has 2 aromatic heterocycles. The summed E-state index contributed by atoms with van der Waals surface area (Å²) in [5.41, 5.74) is 0.772. The highest BCUT2D eigenvalue weighted by Crippen LogP contribution is 2.24. The van der Waals surface area contributed by atoms with E-state index in [1.807, 2.05) is 6.07 Å². The Labute approximate surface area is 109 Å². The van der Waals surface area contributed by atoms with E-state index >= 15 is 0 Å². The number of carboxylic acid groups (broad SMARTS) is 1. The molecule has 1 aliphatic heterocycles. The molecule has 1 fully saturated rings. The summed E-state index contributed by atoms with van der Waals surface area (Å²) in [6, 6.07) is 3.65. The van der Waals surface area contributed by atoms with Crippen molar-refractivity contribution in [2.75, 3.05) is 11.9 Å². The molecule has 19 heavy (non-hydrogen) atoms. The number of anilines is 1. The number of carbonyl (C=O) groups is 1. The number of hydrogen-bond acceptors (Lipinski definition) is 5. The first-order valence-corrected chi connectivity index (χ1v) is 6.18. The van der Waals surface area contributed by atoms with E-state index in [4.69, 9.17) is 14.3 Å². The highest BCUT2D eigenvalue weighted by Gasteiger charge is 2.30. The molecule has 0 spiro atoms. The topological polar surface area (TPSA) is 84.6 Å². The number of aliphatic carboxylic acids is 1. The zero-order chi connectivity index (χ0) is 13.2. The third-order valence-electron chi connectivity index (χ3n) is 3.26. The van der Waals surface area contributed by atoms with E-state index in [9.17, 15) is 4.79 Å². The van der Waals surface area contributed by atoms with Gasteiger partial charge in [-0.25, -0.2) is 9.78 Å². The fourth-order valence-electron chi connectivity index (χ4n) is 2.28. The third kappa shape index (κ3) is 2.39. The Morgan fingerprint density at radius 3 is 3.16 bits per heavy atom. The van der Waals surface area contributed by atoms with Gasteiger partial charge in [0.15, 0.2) is 6.10 Å². The van der Waals surface area contributed by atoms with Crippen LogP contribution in [0.1, 0.15) is 12.8 Å². The lowest BCUT2D eigenvalue weighted by Crippen LogP contribution is -2.24. The normalized spacial score (nSPS) is 22.7. The monoisotopic (exact) mass is 262 g/mol. The number of fused-ring (bicyclic) bond motifs is 1. The molecule has 1 aliphatic rings. The van der Waals surface area contributed by atoms with E-state index in [0.29, 0.717) is 13.0 Å². The maximum atomic E-state index is 10.8. The van der Waals surface area contributed by atoms with Gasteiger partial charge in [0.05, 0.1) is 17.8 Å². The Bertz CT molecular complexity index is 595. The molecule has 1 saturated heterocycles. The Kier molecular flexibility index (Phi) is 3.08. The number of nitrogens with zero attached hydrogens (tertiary/aromatic N) is 1. The number of ether oxygens (including phenoxy) is 1. The minimum absolute atomic E-state index is 0.0925. The average Bonchev–Trinajstić information content (AvgIpc) is 3.05. The molecule has 0 bridgehead atoms. The molecule has 100 valence electrons. The van der Waals surface area contributed by atoms with Gasteiger partial charge >= 0.3 is 5.97 Å². The van der Waals surface area contributed by atoms with E-state index in [2.05, 4.69) is 10.3 Å². The molecule has 3 heterocycles. The zero-order valence-corrected chi connectivity index (χ0v) is 10.2. The molecule has 0 aliphatic carbocycles. The van der Waals surface area contributed by atoms with Crippen molar-refractivity contribution in [2.45, 2.75) is 25.0 Å². The van der Waals surface area contributed by atoms with Crippen molar-refractivity contribution in [3.05, 3.63) is 24.6 Å². The molecular weight excluding hydrogens is 248 g/mol. The van der Waals surface area contributed by atoms with Crippen molar-refractivity contribution in [1.29, 1.82) is 0 Å². The van der Waals surface area contributed by atoms with E-state index in [1.165, 1.54) is 0 Å². The average molecular weight is 262 g/mol. The second-order valence-corrected chi connectivity index (χ2v) is 4.54. The Morgan fingerprint density at radius 1 is 1.47 bits per heavy atom. The lowest BCUT2D eigenvalue weighted by molar-refractivity contribution is -0.149. The summed E-state index contributed by atoms with van der Waals surface area (Å²) in [6.07, 6.45) is 3.82. The molecule has 3 rings (SSSR count). The fraction of sp³-hybridized carbons (Fsp3) is 0.385. The molecule has 0 amide bonds. The van der Waals surface area contributed by atoms with E-state index in [0.717, 1.165) is 23.2 Å². The van der Waals surface area contributed by atoms with Crippen LogP contribution in [0, 0.1) is 0 Å². The van der Waals surface area contributed by atoms with Crippen molar-refractivity contribution in [3.63, 3.8) is 0 Å². The molecule has 6 heteroatoms. The number of aromatic nitrogens is 1. The van der Waals surface area contributed by atoms with Gasteiger partial charge in [0.1, 0.15) is 11.4 Å². The van der Waals surface area contributed by atoms with Crippen molar-refractivity contribution in [1.82, 2.24) is 4.98 Å². The molecule has 0 aromatic carbocycles. The van der Waals surface area contributed by atoms with Crippen LogP contribution in [0.2, 0.25) is 0 Å². The van der Waals surface area contributed by atoms with Gasteiger partial charge in [-0.3, -0.25) is 0 Å². The molecular formula is C13H14N2O4. The van der Waals surface area contributed by atoms with Crippen molar-refractivity contribution in [2.24, 2.45) is 0 Å². The largest absolute Gasteiger partial charge is 0.479 e. The zero-order valence-electron chi connectivity index (χ0n) is 10.2. The lowest BCUT2D eigenvalue weighted by Gasteiger charge is -2.13. The maximum Gasteiger partial charge on any atom is 0.332 e. The first-order valence-electron chi connectivity index (χ1n) is 6.18. The summed E-state index contributed by atoms with van der Waals surface area (Å²) < 4.78 is 10.7. The Balaban J connectivity index is 1.64. The molecule has 2 N–H and O–H groups in total. The predicted molar refractivity (Wildman–Crippen MR) is 68.0 cm³/mol. The summed E-state index contributed by atoms with van der Waals surface area (Å²) in [4.78, 5) is 15.0. The van der Waals surface area contributed by atoms with Crippen molar-refractivity contribution in [3.8, 4) is 0 Å². The van der Waals surface area contributed by atoms with Gasteiger partial charge in [-0.2, -0.15) is 0 Å². The quantitative estimate of drug-likeness (QED) is 0.875. The number of hydrogen-bond donors (Lipinski definition) is 2. The van der Waals surface area contributed by atoms with Crippen LogP contribution in [0.25, 0.3) is 11.0 Å². The minimum atomic E-state index is -0.891. The standard InChI is InChI=1S/C13H14N2O4/c16-13(17)11-2-1-8(19-11)7-15-12-9-4-6-18-10(9)3-5-14-12/h3-6,8,11H,1-2,7H2,(H,14,15)(H,16,17). The van der Waals surface area contributed by atoms with Crippen LogP contribution in [-0.2, 0) is 9.53 Å². The SMILES string of the molecule is O=C(O)C1CCC(CNc2nccc3occc23)O1. The van der Waals surface area contributed by atoms with Gasteiger partial charge in [-0.05, 0) is 25.0 Å². The maximum absolute atomic E-state index is 10.8. The van der Waals surface area contributed by atoms with Crippen LogP contribution in [-0.4, -0.2) is 34.8 Å². The summed E-state index contributed by atoms with van der Waals surface area (Å²) in [5, 5.41) is 13.0. The molecule has 6 nitrogen and oxygen atoms in total. The van der Waals surface area contributed by atoms with Crippen LogP contribution in [0.5, 0.6) is 0 Å². The number of furan rings is 1. The van der Waals surface area contributed by atoms with E-state index in [-0.39, 0.29) is 6.10 Å². The first kappa shape index (κ1) is 12.0. The Hall–Kier alpha value is -2.08. The summed E-state index contributed by atoms with van der Waals surface area (Å²) >= 11 is 0. The van der Waals surface area contributed by atoms with Crippen LogP contribution < -0.4 is 5.32 Å². The van der Waals surface area contributed by atoms with Gasteiger partial charge in [0, 0.05) is 12.7 Å². The number of nitrogens with one attached hydrogen (secondary N) is 1. The van der Waals surface area contributed by atoms with Crippen molar-refractivity contribution >= 4 is 22.8 Å². The van der Waals surface area contributed by atoms with Crippen LogP contribution in [0.4, 0.5) is 5.82 Å². The number of rotatable bonds is 4. The number of pyridine rings is 1. The molecule has 0 radical (unpaired) electrons. The van der Waals surface area contributed by atoms with Crippen LogP contribution in [0.3, 0.4) is 0 Å². The fourth-order valence-corrected chi connectivity index (χ4v) is 2.28. The molecule has 0 saturated carbocycles. The van der Waals surface area contributed by atoms with Gasteiger partial charge < -0.3 is 19.6 Å². The van der Waals surface area contributed by atoms with Gasteiger partial charge in [-0.15, -0.1) is 0 Å². The molecule has 2 aromatic rings. The van der Waals surface area contributed by atoms with Gasteiger partial charge in [0.2, 0.25) is 0 Å². The third-order valence-corrected chi connectivity index (χ3v) is 3.26. The van der Waals surface area contributed by atoms with Crippen molar-refractivity contribution < 1.29 is 19.1 Å². The Morgan fingerprint density at radius 2 is 2.37 bits per heavy atom. The highest BCUT2D eigenvalue weighted by molar-refractivity contribution is 5.87. The lowest BCUT2D eigenvalue weighted by atomic mass is 10.2. The molecule has 2 atom stereocenters. The summed E-state index contributed by atoms with van der Waals surface area (Å²) in [7, 11) is 0. The van der Waals surface area contributed by atoms with Gasteiger partial charge in [0.25, 0.3) is 0 Å². The smallest absolute Gasteiger partial charge is 0.332 e. The second kappa shape index (κ2) is 4.89. The van der Waals surface area contributed by atoms with E-state index in [1.54, 1.807) is 18.5 Å². The minimum Gasteiger partial charge on any atom is -0.479 e. The highest BCUT2D eigenvalue weighted by atomic mass is 16.5. The summed E-state index contributed by atoms with van der Waals surface area (Å²) in [6.45, 7) is 0.543. The molecule has 2 unspecified atom stereocenters. The second-order valence-electron chi connectivity index (χ2n) is 4.54. The van der Waals surface area contributed by atoms with Crippen LogP contribution >= 0.6 is 0 Å². The van der Waals surface area contributed by atoms with E-state index < -0.39 is 12.1 Å². The predicted octanol–water partition coefficient (Wildman–Crippen LogP) is 1.87. The van der Waals surface area contributed by atoms with Gasteiger partial charge in [-0.1, -0.05) is 0 Å².